The number of pyridine rings is 2. The molecule has 0 unspecified atom stereocenters. The summed E-state index contributed by atoms with van der Waals surface area (Å²) in [5.74, 6) is -1.13. The Bertz CT molecular complexity index is 2670. The zero-order chi connectivity index (χ0) is 38.8. The number of carbonyl (C=O) groups is 2. The third kappa shape index (κ3) is 6.88. The minimum Gasteiger partial charge on any atom is -0.316 e. The molecule has 0 aliphatic carbocycles. The van der Waals surface area contributed by atoms with E-state index in [1.807, 2.05) is 84.9 Å². The summed E-state index contributed by atoms with van der Waals surface area (Å²) in [6, 6.07) is 44.8. The summed E-state index contributed by atoms with van der Waals surface area (Å²) in [7, 11) is 0. The van der Waals surface area contributed by atoms with Crippen LogP contribution in [0.15, 0.2) is 158 Å². The number of nitro benzene ring substituents is 2. The smallest absolute Gasteiger partial charge is 0.292 e. The van der Waals surface area contributed by atoms with Crippen LogP contribution in [0.1, 0.15) is 20.7 Å². The molecule has 12 nitrogen and oxygen atoms in total. The van der Waals surface area contributed by atoms with E-state index in [-0.39, 0.29) is 33.9 Å². The first-order valence-electron chi connectivity index (χ1n) is 17.3. The Balaban J connectivity index is 1.26. The van der Waals surface area contributed by atoms with Crippen molar-refractivity contribution in [3.05, 3.63) is 189 Å². The van der Waals surface area contributed by atoms with Crippen molar-refractivity contribution in [2.24, 2.45) is 0 Å². The second-order valence-corrected chi connectivity index (χ2v) is 12.8. The molecule has 0 aliphatic heterocycles. The molecule has 0 atom stereocenters. The van der Waals surface area contributed by atoms with E-state index in [0.717, 1.165) is 11.1 Å². The first-order valence-corrected chi connectivity index (χ1v) is 17.3. The Morgan fingerprint density at radius 3 is 1.21 bits per heavy atom. The van der Waals surface area contributed by atoms with Gasteiger partial charge in [-0.1, -0.05) is 97.1 Å². The quantitative estimate of drug-likeness (QED) is 0.109. The summed E-state index contributed by atoms with van der Waals surface area (Å²) in [6.45, 7) is 0. The summed E-state index contributed by atoms with van der Waals surface area (Å²) in [5, 5.41) is 30.0. The van der Waals surface area contributed by atoms with Crippen LogP contribution in [-0.4, -0.2) is 31.6 Å². The van der Waals surface area contributed by atoms with E-state index in [4.69, 9.17) is 9.97 Å². The number of nitro groups is 2. The van der Waals surface area contributed by atoms with Crippen LogP contribution in [0.4, 0.5) is 22.7 Å². The van der Waals surface area contributed by atoms with Crippen LogP contribution in [0, 0.1) is 20.2 Å². The highest BCUT2D eigenvalue weighted by atomic mass is 16.6. The van der Waals surface area contributed by atoms with Crippen LogP contribution in [0.5, 0.6) is 0 Å². The lowest BCUT2D eigenvalue weighted by atomic mass is 9.96. The van der Waals surface area contributed by atoms with E-state index >= 15 is 0 Å². The van der Waals surface area contributed by atoms with E-state index in [2.05, 4.69) is 10.6 Å². The van der Waals surface area contributed by atoms with Gasteiger partial charge in [-0.3, -0.25) is 29.8 Å². The number of amides is 2. The molecular weight excluding hydrogens is 709 g/mol. The number of para-hydroxylation sites is 4. The third-order valence-corrected chi connectivity index (χ3v) is 9.28. The van der Waals surface area contributed by atoms with Crippen LogP contribution in [0.2, 0.25) is 0 Å². The lowest BCUT2D eigenvalue weighted by Gasteiger charge is -2.14. The molecule has 0 saturated heterocycles. The van der Waals surface area contributed by atoms with Gasteiger partial charge in [-0.15, -0.1) is 0 Å². The van der Waals surface area contributed by atoms with E-state index in [1.165, 1.54) is 36.4 Å². The van der Waals surface area contributed by atoms with Gasteiger partial charge in [0.05, 0.1) is 43.4 Å². The number of hydrogen-bond acceptors (Lipinski definition) is 8. The van der Waals surface area contributed by atoms with E-state index < -0.39 is 21.7 Å². The monoisotopic (exact) mass is 736 g/mol. The molecule has 6 aromatic carbocycles. The van der Waals surface area contributed by atoms with Crippen LogP contribution in [0.25, 0.3) is 55.4 Å². The fourth-order valence-corrected chi connectivity index (χ4v) is 6.56. The van der Waals surface area contributed by atoms with Gasteiger partial charge in [0.1, 0.15) is 11.4 Å². The van der Waals surface area contributed by atoms with Crippen LogP contribution in [-0.2, 0) is 0 Å². The van der Waals surface area contributed by atoms with Gasteiger partial charge in [-0.25, -0.2) is 9.97 Å². The lowest BCUT2D eigenvalue weighted by Crippen LogP contribution is -2.14. The second kappa shape index (κ2) is 14.7. The summed E-state index contributed by atoms with van der Waals surface area (Å²) in [6.07, 6.45) is 0. The standard InChI is InChI=1S/C44H28N6O6/c51-43(47-37-15-7-9-17-41(37)49(53)54)33-25-39(27-11-3-1-4-12-27)45-35-21-19-29(23-31(33)35)30-20-22-36-32(24-30)34(26-40(46-36)28-13-5-2-6-14-28)44(52)48-38-16-8-10-18-42(38)50(55)56/h1-26H,(H,47,51)(H,48,52). The normalized spacial score (nSPS) is 10.9. The molecule has 0 saturated carbocycles. The molecule has 270 valence electrons. The van der Waals surface area contributed by atoms with E-state index in [1.54, 1.807) is 36.4 Å². The van der Waals surface area contributed by atoms with Gasteiger partial charge in [0.25, 0.3) is 23.2 Å². The predicted molar refractivity (Wildman–Crippen MR) is 215 cm³/mol. The number of benzene rings is 6. The number of anilines is 2. The number of nitrogens with zero attached hydrogens (tertiary/aromatic N) is 4. The van der Waals surface area contributed by atoms with Crippen molar-refractivity contribution in [3.8, 4) is 33.6 Å². The van der Waals surface area contributed by atoms with Gasteiger partial charge in [0, 0.05) is 34.0 Å². The molecule has 0 spiro atoms. The number of nitrogens with one attached hydrogen (secondary N) is 2. The molecule has 12 heteroatoms. The van der Waals surface area contributed by atoms with Crippen molar-refractivity contribution in [1.82, 2.24) is 9.97 Å². The maximum absolute atomic E-state index is 14.0. The Hall–Kier alpha value is -8.12. The van der Waals surface area contributed by atoms with Crippen molar-refractivity contribution in [3.63, 3.8) is 0 Å². The predicted octanol–water partition coefficient (Wildman–Crippen LogP) is 10.1. The Labute approximate surface area is 318 Å². The molecule has 0 bridgehead atoms. The molecule has 0 radical (unpaired) electrons. The molecule has 2 heterocycles. The largest absolute Gasteiger partial charge is 0.316 e. The molecule has 2 amide bonds. The van der Waals surface area contributed by atoms with Crippen LogP contribution in [0.3, 0.4) is 0 Å². The van der Waals surface area contributed by atoms with Gasteiger partial charge in [0.15, 0.2) is 0 Å². The van der Waals surface area contributed by atoms with Crippen molar-refractivity contribution >= 4 is 56.4 Å². The minimum atomic E-state index is -0.564. The first-order chi connectivity index (χ1) is 27.2. The number of aromatic nitrogens is 2. The summed E-state index contributed by atoms with van der Waals surface area (Å²) >= 11 is 0. The number of carbonyl (C=O) groups excluding carboxylic acids is 2. The van der Waals surface area contributed by atoms with E-state index in [0.29, 0.717) is 44.3 Å². The molecule has 56 heavy (non-hydrogen) atoms. The second-order valence-electron chi connectivity index (χ2n) is 12.8. The lowest BCUT2D eigenvalue weighted by molar-refractivity contribution is -0.384. The summed E-state index contributed by atoms with van der Waals surface area (Å²) in [5.41, 5.74) is 5.14. The van der Waals surface area contributed by atoms with Crippen molar-refractivity contribution in [2.45, 2.75) is 0 Å². The van der Waals surface area contributed by atoms with E-state index in [9.17, 15) is 29.8 Å². The molecule has 2 N–H and O–H groups in total. The van der Waals surface area contributed by atoms with Crippen molar-refractivity contribution in [2.75, 3.05) is 10.6 Å². The zero-order valence-corrected chi connectivity index (χ0v) is 29.2. The van der Waals surface area contributed by atoms with Crippen molar-refractivity contribution < 1.29 is 19.4 Å². The molecule has 2 aromatic heterocycles. The highest BCUT2D eigenvalue weighted by Crippen LogP contribution is 2.34. The number of rotatable bonds is 9. The highest BCUT2D eigenvalue weighted by Gasteiger charge is 2.22. The van der Waals surface area contributed by atoms with Crippen molar-refractivity contribution in [1.29, 1.82) is 0 Å². The van der Waals surface area contributed by atoms with Gasteiger partial charge in [-0.2, -0.15) is 0 Å². The molecule has 8 rings (SSSR count). The molecule has 8 aromatic rings. The maximum Gasteiger partial charge on any atom is 0.292 e. The first kappa shape index (κ1) is 34.9. The average molecular weight is 737 g/mol. The molecule has 0 fully saturated rings. The summed E-state index contributed by atoms with van der Waals surface area (Å²) < 4.78 is 0. The van der Waals surface area contributed by atoms with Gasteiger partial charge >= 0.3 is 0 Å². The minimum absolute atomic E-state index is 0.0495. The average Bonchev–Trinajstić information content (AvgIpc) is 3.23. The van der Waals surface area contributed by atoms with Crippen LogP contribution >= 0.6 is 0 Å². The highest BCUT2D eigenvalue weighted by molar-refractivity contribution is 6.16. The Morgan fingerprint density at radius 2 is 0.821 bits per heavy atom. The Kier molecular flexibility index (Phi) is 9.18. The maximum atomic E-state index is 14.0. The SMILES string of the molecule is O=C(Nc1ccccc1[N+](=O)[O-])c1cc(-c2ccccc2)nc2ccc(-c3ccc4nc(-c5ccccc5)cc(C(=O)Nc5ccccc5[N+](=O)[O-])c4c3)cc12. The number of hydrogen-bond donors (Lipinski definition) is 2. The molecule has 0 aliphatic rings. The third-order valence-electron chi connectivity index (χ3n) is 9.28. The van der Waals surface area contributed by atoms with Gasteiger partial charge < -0.3 is 10.6 Å². The van der Waals surface area contributed by atoms with Crippen LogP contribution < -0.4 is 10.6 Å². The fraction of sp³-hybridized carbons (Fsp3) is 0. The zero-order valence-electron chi connectivity index (χ0n) is 29.2. The van der Waals surface area contributed by atoms with Gasteiger partial charge in [-0.05, 0) is 59.7 Å². The topological polar surface area (TPSA) is 170 Å². The molecular formula is C44H28N6O6. The number of fused-ring (bicyclic) bond motifs is 2. The summed E-state index contributed by atoms with van der Waals surface area (Å²) in [4.78, 5) is 60.2. The van der Waals surface area contributed by atoms with Gasteiger partial charge in [0.2, 0.25) is 0 Å². The Morgan fingerprint density at radius 1 is 0.446 bits per heavy atom. The fourth-order valence-electron chi connectivity index (χ4n) is 6.56.